The fourth-order valence-electron chi connectivity index (χ4n) is 3.68. The number of aromatic nitrogens is 8. The Hall–Kier alpha value is -3.79. The molecule has 10 heteroatoms. The van der Waals surface area contributed by atoms with Gasteiger partial charge in [0.2, 0.25) is 0 Å². The summed E-state index contributed by atoms with van der Waals surface area (Å²) in [4.78, 5) is 17.9. The molecule has 4 heterocycles. The molecule has 0 spiro atoms. The fraction of sp³-hybridized carbons (Fsp3) is 0.286. The van der Waals surface area contributed by atoms with Gasteiger partial charge in [-0.25, -0.2) is 9.67 Å². The zero-order valence-electron chi connectivity index (χ0n) is 17.5. The topological polar surface area (TPSA) is 108 Å². The van der Waals surface area contributed by atoms with Crippen LogP contribution in [0.4, 0.5) is 0 Å². The molecule has 10 nitrogen and oxygen atoms in total. The number of pyridine rings is 1. The Morgan fingerprint density at radius 1 is 1.23 bits per heavy atom. The van der Waals surface area contributed by atoms with E-state index in [-0.39, 0.29) is 11.6 Å². The minimum atomic E-state index is -0.175. The zero-order chi connectivity index (χ0) is 21.5. The van der Waals surface area contributed by atoms with Crippen LogP contribution < -0.4 is 5.56 Å². The van der Waals surface area contributed by atoms with Crippen molar-refractivity contribution in [2.75, 3.05) is 13.7 Å². The van der Waals surface area contributed by atoms with E-state index in [1.807, 2.05) is 33.5 Å². The van der Waals surface area contributed by atoms with Crippen LogP contribution >= 0.6 is 0 Å². The van der Waals surface area contributed by atoms with Gasteiger partial charge in [0.25, 0.3) is 5.56 Å². The van der Waals surface area contributed by atoms with Gasteiger partial charge in [-0.3, -0.25) is 14.6 Å². The summed E-state index contributed by atoms with van der Waals surface area (Å²) in [6.45, 7) is 5.27. The molecular weight excluding hydrogens is 396 g/mol. The van der Waals surface area contributed by atoms with Crippen molar-refractivity contribution < 1.29 is 4.74 Å². The number of nitrogens with one attached hydrogen (secondary N) is 1. The molecule has 0 radical (unpaired) electrons. The van der Waals surface area contributed by atoms with Gasteiger partial charge in [-0.05, 0) is 38.1 Å². The van der Waals surface area contributed by atoms with Gasteiger partial charge in [-0.1, -0.05) is 6.07 Å². The number of methoxy groups -OCH3 is 1. The van der Waals surface area contributed by atoms with Gasteiger partial charge in [0.05, 0.1) is 35.8 Å². The molecule has 0 fully saturated rings. The van der Waals surface area contributed by atoms with E-state index in [2.05, 4.69) is 39.2 Å². The summed E-state index contributed by atoms with van der Waals surface area (Å²) in [5.41, 5.74) is 2.09. The van der Waals surface area contributed by atoms with Gasteiger partial charge in [0.15, 0.2) is 11.6 Å². The van der Waals surface area contributed by atoms with E-state index in [1.54, 1.807) is 25.7 Å². The van der Waals surface area contributed by atoms with Gasteiger partial charge in [-0.15, -0.1) is 10.2 Å². The lowest BCUT2D eigenvalue weighted by Crippen LogP contribution is -2.16. The van der Waals surface area contributed by atoms with Crippen LogP contribution in [-0.4, -0.2) is 53.0 Å². The molecule has 0 aliphatic heterocycles. The van der Waals surface area contributed by atoms with E-state index in [9.17, 15) is 4.79 Å². The third kappa shape index (κ3) is 3.21. The highest BCUT2D eigenvalue weighted by Gasteiger charge is 2.15. The molecule has 31 heavy (non-hydrogen) atoms. The normalized spacial score (nSPS) is 11.9. The largest absolute Gasteiger partial charge is 0.383 e. The van der Waals surface area contributed by atoms with Crippen LogP contribution in [0.25, 0.3) is 39.1 Å². The summed E-state index contributed by atoms with van der Waals surface area (Å²) < 4.78 is 10.4. The van der Waals surface area contributed by atoms with Crippen LogP contribution in [0.5, 0.6) is 0 Å². The minimum absolute atomic E-state index is 0.175. The van der Waals surface area contributed by atoms with Crippen molar-refractivity contribution in [3.8, 4) is 17.3 Å². The number of ether oxygens (including phenoxy) is 1. The minimum Gasteiger partial charge on any atom is -0.383 e. The first-order chi connectivity index (χ1) is 15.1. The third-order valence-electron chi connectivity index (χ3n) is 5.28. The van der Waals surface area contributed by atoms with Gasteiger partial charge in [0, 0.05) is 18.5 Å². The molecule has 0 saturated carbocycles. The van der Waals surface area contributed by atoms with Crippen LogP contribution in [0.2, 0.25) is 0 Å². The summed E-state index contributed by atoms with van der Waals surface area (Å²) in [6.07, 6.45) is 3.47. The quantitative estimate of drug-likeness (QED) is 0.454. The molecule has 158 valence electrons. The molecule has 0 amide bonds. The van der Waals surface area contributed by atoms with Gasteiger partial charge in [0.1, 0.15) is 12.0 Å². The SMILES string of the molecule is COCCn1ncc2cc3[nH]n(-c4cccc(-c5nncn5C(C)C)n4)c(=O)c3cc21. The van der Waals surface area contributed by atoms with E-state index in [0.717, 1.165) is 16.4 Å². The summed E-state index contributed by atoms with van der Waals surface area (Å²) in [6, 6.07) is 9.49. The van der Waals surface area contributed by atoms with Crippen molar-refractivity contribution in [3.05, 3.63) is 53.2 Å². The second kappa shape index (κ2) is 7.47. The Morgan fingerprint density at radius 3 is 2.90 bits per heavy atom. The Kier molecular flexibility index (Phi) is 4.63. The highest BCUT2D eigenvalue weighted by atomic mass is 16.5. The highest BCUT2D eigenvalue weighted by molar-refractivity contribution is 5.94. The smallest absolute Gasteiger partial charge is 0.280 e. The van der Waals surface area contributed by atoms with E-state index in [1.165, 1.54) is 4.68 Å². The number of rotatable bonds is 6. The third-order valence-corrected chi connectivity index (χ3v) is 5.28. The molecule has 1 aromatic carbocycles. The lowest BCUT2D eigenvalue weighted by atomic mass is 10.2. The highest BCUT2D eigenvalue weighted by Crippen LogP contribution is 2.22. The Bertz CT molecular complexity index is 1440. The molecule has 0 aliphatic carbocycles. The second-order valence-corrected chi connectivity index (χ2v) is 7.61. The van der Waals surface area contributed by atoms with E-state index < -0.39 is 0 Å². The monoisotopic (exact) mass is 418 g/mol. The Morgan fingerprint density at radius 2 is 2.10 bits per heavy atom. The van der Waals surface area contributed by atoms with Gasteiger partial charge >= 0.3 is 0 Å². The van der Waals surface area contributed by atoms with Gasteiger partial charge in [-0.2, -0.15) is 5.10 Å². The lowest BCUT2D eigenvalue weighted by molar-refractivity contribution is 0.185. The maximum Gasteiger partial charge on any atom is 0.280 e. The van der Waals surface area contributed by atoms with Crippen LogP contribution in [0.1, 0.15) is 19.9 Å². The van der Waals surface area contributed by atoms with Gasteiger partial charge < -0.3 is 9.30 Å². The Labute approximate surface area is 177 Å². The molecule has 0 bridgehead atoms. The number of aromatic amines is 1. The van der Waals surface area contributed by atoms with Crippen molar-refractivity contribution in [2.24, 2.45) is 0 Å². The molecular formula is C21H22N8O2. The van der Waals surface area contributed by atoms with E-state index in [0.29, 0.717) is 35.9 Å². The maximum atomic E-state index is 13.2. The van der Waals surface area contributed by atoms with Crippen molar-refractivity contribution in [1.29, 1.82) is 0 Å². The molecule has 5 aromatic rings. The van der Waals surface area contributed by atoms with E-state index in [4.69, 9.17) is 4.74 Å². The summed E-state index contributed by atoms with van der Waals surface area (Å²) >= 11 is 0. The Balaban J connectivity index is 1.61. The molecule has 0 saturated heterocycles. The van der Waals surface area contributed by atoms with Crippen molar-refractivity contribution in [3.63, 3.8) is 0 Å². The standard InChI is InChI=1S/C21H22N8O2/c1-13(2)27-12-22-25-20(27)16-5-4-6-19(24-16)29-21(30)15-10-18-14(9-17(15)26-29)11-23-28(18)7-8-31-3/h4-6,9-13,26H,7-8H2,1-3H3. The zero-order valence-corrected chi connectivity index (χ0v) is 17.5. The molecule has 0 atom stereocenters. The number of benzene rings is 1. The van der Waals surface area contributed by atoms with Crippen molar-refractivity contribution in [1.82, 2.24) is 39.3 Å². The number of nitrogens with zero attached hydrogens (tertiary/aromatic N) is 7. The first-order valence-corrected chi connectivity index (χ1v) is 10.0. The average Bonchev–Trinajstić information content (AvgIpc) is 3.49. The lowest BCUT2D eigenvalue weighted by Gasteiger charge is -2.10. The predicted octanol–water partition coefficient (Wildman–Crippen LogP) is 2.55. The van der Waals surface area contributed by atoms with E-state index >= 15 is 0 Å². The van der Waals surface area contributed by atoms with Crippen LogP contribution in [0, 0.1) is 0 Å². The number of hydrogen-bond acceptors (Lipinski definition) is 6. The summed E-state index contributed by atoms with van der Waals surface area (Å²) in [5, 5.41) is 17.3. The number of hydrogen-bond donors (Lipinski definition) is 1. The maximum absolute atomic E-state index is 13.2. The molecule has 0 unspecified atom stereocenters. The first-order valence-electron chi connectivity index (χ1n) is 10.0. The van der Waals surface area contributed by atoms with Crippen molar-refractivity contribution >= 4 is 21.8 Å². The average molecular weight is 418 g/mol. The van der Waals surface area contributed by atoms with Crippen LogP contribution in [0.15, 0.2) is 47.7 Å². The molecule has 5 rings (SSSR count). The van der Waals surface area contributed by atoms with Crippen LogP contribution in [-0.2, 0) is 11.3 Å². The summed E-state index contributed by atoms with van der Waals surface area (Å²) in [5.74, 6) is 1.15. The number of H-pyrrole nitrogens is 1. The molecule has 4 aromatic heterocycles. The molecule has 1 N–H and O–H groups in total. The van der Waals surface area contributed by atoms with Crippen molar-refractivity contribution in [2.45, 2.75) is 26.4 Å². The second-order valence-electron chi connectivity index (χ2n) is 7.61. The molecule has 0 aliphatic rings. The predicted molar refractivity (Wildman–Crippen MR) is 116 cm³/mol. The van der Waals surface area contributed by atoms with Crippen LogP contribution in [0.3, 0.4) is 0 Å². The first kappa shape index (κ1) is 19.2. The fourth-order valence-corrected chi connectivity index (χ4v) is 3.68. The number of fused-ring (bicyclic) bond motifs is 2. The summed E-state index contributed by atoms with van der Waals surface area (Å²) in [7, 11) is 1.65.